The maximum Gasteiger partial charge on any atom is 0.285 e. The predicted molar refractivity (Wildman–Crippen MR) is 70.2 cm³/mol. The fourth-order valence-corrected chi connectivity index (χ4v) is 2.20. The first-order chi connectivity index (χ1) is 8.88. The van der Waals surface area contributed by atoms with Crippen molar-refractivity contribution in [2.24, 2.45) is 0 Å². The first kappa shape index (κ1) is 10.8. The molecule has 0 fully saturated rings. The van der Waals surface area contributed by atoms with Crippen LogP contribution in [0.2, 0.25) is 0 Å². The quantitative estimate of drug-likeness (QED) is 0.640. The minimum Gasteiger partial charge on any atom is -0.339 e. The number of aromatic nitrogens is 2. The summed E-state index contributed by atoms with van der Waals surface area (Å²) in [6.07, 6.45) is 1.98. The molecule has 3 nitrogen and oxygen atoms in total. The molecule has 0 aliphatic carbocycles. The van der Waals surface area contributed by atoms with Crippen LogP contribution in [-0.2, 0) is 6.54 Å². The van der Waals surface area contributed by atoms with E-state index in [2.05, 4.69) is 41.0 Å². The van der Waals surface area contributed by atoms with Gasteiger partial charge >= 0.3 is 0 Å². The van der Waals surface area contributed by atoms with Crippen LogP contribution in [0.15, 0.2) is 60.9 Å². The van der Waals surface area contributed by atoms with E-state index in [4.69, 9.17) is 4.84 Å². The molecule has 90 valence electrons. The summed E-state index contributed by atoms with van der Waals surface area (Å²) in [6, 6.07) is 18.6. The highest BCUT2D eigenvalue weighted by molar-refractivity contribution is 5.71. The second kappa shape index (κ2) is 4.53. The molecular formula is C15H15N2O+. The van der Waals surface area contributed by atoms with Crippen molar-refractivity contribution in [2.75, 3.05) is 7.11 Å². The molecule has 0 N–H and O–H groups in total. The molecule has 0 atom stereocenters. The minimum atomic E-state index is 0.845. The van der Waals surface area contributed by atoms with Gasteiger partial charge in [-0.05, 0) is 22.4 Å². The van der Waals surface area contributed by atoms with Gasteiger partial charge < -0.3 is 4.84 Å². The summed E-state index contributed by atoms with van der Waals surface area (Å²) in [7, 11) is 1.68. The third-order valence-corrected chi connectivity index (χ3v) is 3.07. The summed E-state index contributed by atoms with van der Waals surface area (Å²) >= 11 is 0. The number of rotatable bonds is 3. The maximum atomic E-state index is 5.34. The lowest BCUT2D eigenvalue weighted by atomic mass is 10.2. The van der Waals surface area contributed by atoms with Crippen LogP contribution in [0.5, 0.6) is 0 Å². The highest BCUT2D eigenvalue weighted by atomic mass is 16.6. The number of hydrogen-bond donors (Lipinski definition) is 0. The van der Waals surface area contributed by atoms with Crippen molar-refractivity contribution in [3.05, 3.63) is 66.5 Å². The monoisotopic (exact) mass is 239 g/mol. The molecule has 0 unspecified atom stereocenters. The number of para-hydroxylation sites is 2. The van der Waals surface area contributed by atoms with Crippen molar-refractivity contribution in [1.82, 2.24) is 4.73 Å². The van der Waals surface area contributed by atoms with Crippen LogP contribution in [-0.4, -0.2) is 11.8 Å². The van der Waals surface area contributed by atoms with E-state index < -0.39 is 0 Å². The van der Waals surface area contributed by atoms with Gasteiger partial charge in [-0.1, -0.05) is 42.5 Å². The molecule has 0 radical (unpaired) electrons. The third-order valence-electron chi connectivity index (χ3n) is 3.07. The predicted octanol–water partition coefficient (Wildman–Crippen LogP) is 2.04. The molecule has 0 bridgehead atoms. The van der Waals surface area contributed by atoms with Crippen molar-refractivity contribution in [1.29, 1.82) is 0 Å². The summed E-state index contributed by atoms with van der Waals surface area (Å²) < 4.78 is 3.98. The van der Waals surface area contributed by atoms with Crippen LogP contribution >= 0.6 is 0 Å². The van der Waals surface area contributed by atoms with Crippen LogP contribution in [0.25, 0.3) is 11.0 Å². The lowest BCUT2D eigenvalue weighted by Crippen LogP contribution is -2.33. The van der Waals surface area contributed by atoms with Gasteiger partial charge in [-0.2, -0.15) is 0 Å². The lowest BCUT2D eigenvalue weighted by Gasteiger charge is -1.97. The molecule has 0 spiro atoms. The van der Waals surface area contributed by atoms with Crippen LogP contribution < -0.4 is 9.40 Å². The summed E-state index contributed by atoms with van der Waals surface area (Å²) in [6.45, 7) is 0.845. The molecule has 2 aromatic carbocycles. The Balaban J connectivity index is 2.07. The van der Waals surface area contributed by atoms with E-state index in [0.29, 0.717) is 0 Å². The van der Waals surface area contributed by atoms with E-state index >= 15 is 0 Å². The van der Waals surface area contributed by atoms with Gasteiger partial charge in [0.1, 0.15) is 13.7 Å². The van der Waals surface area contributed by atoms with Crippen molar-refractivity contribution in [3.63, 3.8) is 0 Å². The molecular weight excluding hydrogens is 224 g/mol. The van der Waals surface area contributed by atoms with Crippen molar-refractivity contribution in [3.8, 4) is 0 Å². The second-order valence-corrected chi connectivity index (χ2v) is 4.23. The largest absolute Gasteiger partial charge is 0.339 e. The number of benzene rings is 2. The molecule has 0 amide bonds. The third kappa shape index (κ3) is 1.84. The highest BCUT2D eigenvalue weighted by Crippen LogP contribution is 2.10. The summed E-state index contributed by atoms with van der Waals surface area (Å²) in [4.78, 5) is 5.34. The first-order valence-electron chi connectivity index (χ1n) is 5.96. The Hall–Kier alpha value is -2.29. The van der Waals surface area contributed by atoms with E-state index in [1.165, 1.54) is 11.1 Å². The molecule has 1 heterocycles. The fourth-order valence-electron chi connectivity index (χ4n) is 2.20. The lowest BCUT2D eigenvalue weighted by molar-refractivity contribution is -0.664. The molecule has 3 heteroatoms. The number of fused-ring (bicyclic) bond motifs is 1. The Labute approximate surface area is 106 Å². The first-order valence-corrected chi connectivity index (χ1v) is 5.96. The molecule has 1 aromatic heterocycles. The van der Waals surface area contributed by atoms with E-state index in [9.17, 15) is 0 Å². The van der Waals surface area contributed by atoms with Gasteiger partial charge in [-0.25, -0.2) is 4.57 Å². The normalized spacial score (nSPS) is 10.7. The maximum absolute atomic E-state index is 5.34. The van der Waals surface area contributed by atoms with E-state index in [-0.39, 0.29) is 0 Å². The Morgan fingerprint density at radius 3 is 2.50 bits per heavy atom. The van der Waals surface area contributed by atoms with Gasteiger partial charge in [0.05, 0.1) is 0 Å². The van der Waals surface area contributed by atoms with E-state index in [1.807, 2.05) is 24.5 Å². The minimum absolute atomic E-state index is 0.845. The molecule has 0 saturated heterocycles. The molecule has 3 aromatic rings. The Morgan fingerprint density at radius 2 is 1.72 bits per heavy atom. The van der Waals surface area contributed by atoms with Crippen LogP contribution in [0.4, 0.5) is 0 Å². The molecule has 18 heavy (non-hydrogen) atoms. The second-order valence-electron chi connectivity index (χ2n) is 4.23. The number of nitrogens with zero attached hydrogens (tertiary/aromatic N) is 2. The molecule has 0 saturated carbocycles. The van der Waals surface area contributed by atoms with Crippen LogP contribution in [0, 0.1) is 0 Å². The molecule has 0 aliphatic rings. The van der Waals surface area contributed by atoms with Crippen LogP contribution in [0.1, 0.15) is 5.56 Å². The van der Waals surface area contributed by atoms with Crippen molar-refractivity contribution >= 4 is 11.0 Å². The molecule has 3 rings (SSSR count). The van der Waals surface area contributed by atoms with Crippen LogP contribution in [0.3, 0.4) is 0 Å². The van der Waals surface area contributed by atoms with Gasteiger partial charge in [0.2, 0.25) is 5.52 Å². The smallest absolute Gasteiger partial charge is 0.285 e. The van der Waals surface area contributed by atoms with E-state index in [1.54, 1.807) is 11.8 Å². The van der Waals surface area contributed by atoms with Crippen molar-refractivity contribution in [2.45, 2.75) is 6.54 Å². The fraction of sp³-hybridized carbons (Fsp3) is 0.133. The van der Waals surface area contributed by atoms with E-state index in [0.717, 1.165) is 12.1 Å². The zero-order valence-electron chi connectivity index (χ0n) is 10.3. The Bertz CT molecular complexity index is 659. The average Bonchev–Trinajstić information content (AvgIpc) is 2.78. The van der Waals surface area contributed by atoms with Gasteiger partial charge in [-0.15, -0.1) is 0 Å². The molecule has 0 aliphatic heterocycles. The topological polar surface area (TPSA) is 18.0 Å². The summed E-state index contributed by atoms with van der Waals surface area (Å²) in [5.74, 6) is 0. The SMILES string of the molecule is COn1c[n+](Cc2ccccc2)c2ccccc21. The standard InChI is InChI=1S/C15H15N2O/c1-18-17-12-16(11-13-7-3-2-4-8-13)14-9-5-6-10-15(14)17/h2-10,12H,11H2,1H3/q+1. The van der Waals surface area contributed by atoms with Gasteiger partial charge in [0.15, 0.2) is 5.52 Å². The zero-order chi connectivity index (χ0) is 12.4. The number of hydrogen-bond acceptors (Lipinski definition) is 1. The Morgan fingerprint density at radius 1 is 1.00 bits per heavy atom. The summed E-state index contributed by atoms with van der Waals surface area (Å²) in [5, 5.41) is 0. The average molecular weight is 239 g/mol. The summed E-state index contributed by atoms with van der Waals surface area (Å²) in [5.41, 5.74) is 3.53. The Kier molecular flexibility index (Phi) is 2.73. The van der Waals surface area contributed by atoms with Crippen molar-refractivity contribution < 1.29 is 9.40 Å². The number of imidazole rings is 1. The highest BCUT2D eigenvalue weighted by Gasteiger charge is 2.15. The van der Waals surface area contributed by atoms with Gasteiger partial charge in [-0.3, -0.25) is 0 Å². The van der Waals surface area contributed by atoms with Gasteiger partial charge in [0, 0.05) is 0 Å². The zero-order valence-corrected chi connectivity index (χ0v) is 10.3. The van der Waals surface area contributed by atoms with Gasteiger partial charge in [0.25, 0.3) is 6.33 Å².